The minimum Gasteiger partial charge on any atom is -0.379 e. The maximum absolute atomic E-state index is 12.7. The molecule has 6 nitrogen and oxygen atoms in total. The highest BCUT2D eigenvalue weighted by atomic mass is 32.2. The number of sulfonamides is 1. The molecule has 1 aromatic rings. The number of benzene rings is 1. The molecular weight excluding hydrogens is 352 g/mol. The molecule has 1 atom stereocenters. The van der Waals surface area contributed by atoms with Crippen molar-refractivity contribution in [3.05, 3.63) is 29.8 Å². The minimum absolute atomic E-state index is 0.0563. The van der Waals surface area contributed by atoms with Crippen LogP contribution in [0.4, 0.5) is 0 Å². The molecule has 0 bridgehead atoms. The van der Waals surface area contributed by atoms with Crippen LogP contribution in [-0.2, 0) is 14.8 Å². The second-order valence-corrected chi connectivity index (χ2v) is 9.18. The van der Waals surface area contributed by atoms with Crippen molar-refractivity contribution in [2.24, 2.45) is 5.92 Å². The Hall–Kier alpha value is -1.44. The second-order valence-electron chi connectivity index (χ2n) is 7.24. The van der Waals surface area contributed by atoms with Gasteiger partial charge in [-0.15, -0.1) is 0 Å². The molecule has 1 heterocycles. The Morgan fingerprint density at radius 1 is 1.19 bits per heavy atom. The molecule has 0 aliphatic carbocycles. The fraction of sp³-hybridized carbons (Fsp3) is 0.632. The summed E-state index contributed by atoms with van der Waals surface area (Å²) in [5.41, 5.74) is 0.370. The molecule has 7 heteroatoms. The zero-order valence-corrected chi connectivity index (χ0v) is 16.7. The highest BCUT2D eigenvalue weighted by Crippen LogP contribution is 2.18. The Morgan fingerprint density at radius 2 is 1.88 bits per heavy atom. The van der Waals surface area contributed by atoms with Gasteiger partial charge in [0.1, 0.15) is 0 Å². The fourth-order valence-corrected chi connectivity index (χ4v) is 4.40. The van der Waals surface area contributed by atoms with E-state index in [1.54, 1.807) is 12.1 Å². The van der Waals surface area contributed by atoms with Crippen LogP contribution in [0.1, 0.15) is 50.4 Å². The van der Waals surface area contributed by atoms with E-state index in [2.05, 4.69) is 19.2 Å². The maximum atomic E-state index is 12.7. The molecular formula is C19H30N2O4S. The van der Waals surface area contributed by atoms with E-state index < -0.39 is 10.0 Å². The van der Waals surface area contributed by atoms with E-state index in [0.717, 1.165) is 19.3 Å². The second kappa shape index (κ2) is 9.48. The van der Waals surface area contributed by atoms with Gasteiger partial charge in [-0.25, -0.2) is 8.42 Å². The van der Waals surface area contributed by atoms with Crippen molar-refractivity contribution in [1.82, 2.24) is 9.62 Å². The van der Waals surface area contributed by atoms with Crippen LogP contribution >= 0.6 is 0 Å². The predicted octanol–water partition coefficient (Wildman–Crippen LogP) is 2.65. The number of nitrogens with zero attached hydrogens (tertiary/aromatic N) is 1. The van der Waals surface area contributed by atoms with Crippen LogP contribution < -0.4 is 5.32 Å². The van der Waals surface area contributed by atoms with Crippen molar-refractivity contribution in [3.8, 4) is 0 Å². The molecule has 1 fully saturated rings. The quantitative estimate of drug-likeness (QED) is 0.750. The number of carbonyl (C=O) groups excluding carboxylic acids is 1. The Bertz CT molecular complexity index is 697. The van der Waals surface area contributed by atoms with Gasteiger partial charge in [0.25, 0.3) is 5.91 Å². The molecule has 0 aromatic heterocycles. The van der Waals surface area contributed by atoms with Crippen LogP contribution in [0.5, 0.6) is 0 Å². The summed E-state index contributed by atoms with van der Waals surface area (Å²) in [6.07, 6.45) is 3.10. The molecule has 1 N–H and O–H groups in total. The average molecular weight is 383 g/mol. The van der Waals surface area contributed by atoms with E-state index in [-0.39, 0.29) is 16.8 Å². The number of nitrogens with one attached hydrogen (secondary N) is 1. The van der Waals surface area contributed by atoms with Crippen molar-refractivity contribution in [1.29, 1.82) is 0 Å². The molecule has 1 amide bonds. The van der Waals surface area contributed by atoms with Crippen molar-refractivity contribution in [3.63, 3.8) is 0 Å². The van der Waals surface area contributed by atoms with Gasteiger partial charge in [-0.2, -0.15) is 4.31 Å². The summed E-state index contributed by atoms with van der Waals surface area (Å²) in [6, 6.07) is 6.31. The average Bonchev–Trinajstić information content (AvgIpc) is 2.62. The third-order valence-electron chi connectivity index (χ3n) is 4.50. The third-order valence-corrected chi connectivity index (χ3v) is 6.39. The van der Waals surface area contributed by atoms with Gasteiger partial charge in [0.05, 0.1) is 18.1 Å². The summed E-state index contributed by atoms with van der Waals surface area (Å²) in [7, 11) is -3.60. The number of carbonyl (C=O) groups is 1. The normalized spacial score (nSPS) is 17.2. The van der Waals surface area contributed by atoms with Crippen LogP contribution in [0.15, 0.2) is 29.2 Å². The molecule has 1 saturated heterocycles. The summed E-state index contributed by atoms with van der Waals surface area (Å²) in [6.45, 7) is 7.82. The number of hydrogen-bond donors (Lipinski definition) is 1. The first-order valence-electron chi connectivity index (χ1n) is 9.29. The number of rotatable bonds is 8. The van der Waals surface area contributed by atoms with E-state index in [0.29, 0.717) is 37.8 Å². The summed E-state index contributed by atoms with van der Waals surface area (Å²) in [4.78, 5) is 12.6. The molecule has 1 aromatic carbocycles. The minimum atomic E-state index is -3.60. The molecule has 146 valence electrons. The van der Waals surface area contributed by atoms with Gasteiger partial charge in [0, 0.05) is 24.7 Å². The summed E-state index contributed by atoms with van der Waals surface area (Å²) in [5.74, 6) is 0.418. The zero-order valence-electron chi connectivity index (χ0n) is 15.9. The Kier molecular flexibility index (Phi) is 7.61. The smallest absolute Gasteiger partial charge is 0.251 e. The first-order valence-corrected chi connectivity index (χ1v) is 10.7. The Labute approximate surface area is 157 Å². The van der Waals surface area contributed by atoms with Gasteiger partial charge in [0.2, 0.25) is 10.0 Å². The molecule has 0 spiro atoms. The standard InChI is InChI=1S/C19H30N2O4S/c1-15(2)6-4-7-16(3)20-19(22)17-8-5-9-18(14-17)26(23,24)21-10-12-25-13-11-21/h5,8-9,14-16H,4,6-7,10-13H2,1-3H3,(H,20,22)/t16-/m0/s1. The molecule has 1 aliphatic rings. The van der Waals surface area contributed by atoms with E-state index >= 15 is 0 Å². The van der Waals surface area contributed by atoms with Crippen LogP contribution in [0.3, 0.4) is 0 Å². The molecule has 2 rings (SSSR count). The fourth-order valence-electron chi connectivity index (χ4n) is 2.95. The largest absolute Gasteiger partial charge is 0.379 e. The number of ether oxygens (including phenoxy) is 1. The lowest BCUT2D eigenvalue weighted by Crippen LogP contribution is -2.40. The summed E-state index contributed by atoms with van der Waals surface area (Å²) < 4.78 is 32.1. The van der Waals surface area contributed by atoms with Crippen LogP contribution in [0, 0.1) is 5.92 Å². The Balaban J connectivity index is 2.02. The highest BCUT2D eigenvalue weighted by Gasteiger charge is 2.27. The number of morpholine rings is 1. The van der Waals surface area contributed by atoms with Crippen LogP contribution in [0.2, 0.25) is 0 Å². The van der Waals surface area contributed by atoms with Crippen molar-refractivity contribution >= 4 is 15.9 Å². The lowest BCUT2D eigenvalue weighted by molar-refractivity contribution is 0.0730. The van der Waals surface area contributed by atoms with Gasteiger partial charge in [0.15, 0.2) is 0 Å². The highest BCUT2D eigenvalue weighted by molar-refractivity contribution is 7.89. The van der Waals surface area contributed by atoms with Gasteiger partial charge < -0.3 is 10.1 Å². The van der Waals surface area contributed by atoms with Crippen molar-refractivity contribution < 1.29 is 17.9 Å². The molecule has 1 aliphatic heterocycles. The van der Waals surface area contributed by atoms with E-state index in [1.165, 1.54) is 16.4 Å². The molecule has 0 unspecified atom stereocenters. The maximum Gasteiger partial charge on any atom is 0.251 e. The number of hydrogen-bond acceptors (Lipinski definition) is 4. The van der Waals surface area contributed by atoms with Crippen molar-refractivity contribution in [2.75, 3.05) is 26.3 Å². The van der Waals surface area contributed by atoms with Gasteiger partial charge >= 0.3 is 0 Å². The first-order chi connectivity index (χ1) is 12.3. The van der Waals surface area contributed by atoms with Gasteiger partial charge in [-0.05, 0) is 37.5 Å². The van der Waals surface area contributed by atoms with Crippen molar-refractivity contribution in [2.45, 2.75) is 51.0 Å². The monoisotopic (exact) mass is 382 g/mol. The number of amides is 1. The van der Waals surface area contributed by atoms with E-state index in [9.17, 15) is 13.2 Å². The molecule has 0 radical (unpaired) electrons. The van der Waals surface area contributed by atoms with Gasteiger partial charge in [-0.3, -0.25) is 4.79 Å². The van der Waals surface area contributed by atoms with E-state index in [1.807, 2.05) is 6.92 Å². The van der Waals surface area contributed by atoms with Crippen LogP contribution in [-0.4, -0.2) is 51.0 Å². The Morgan fingerprint density at radius 3 is 2.54 bits per heavy atom. The predicted molar refractivity (Wildman–Crippen MR) is 102 cm³/mol. The zero-order chi connectivity index (χ0) is 19.2. The third kappa shape index (κ3) is 5.79. The van der Waals surface area contributed by atoms with Crippen LogP contribution in [0.25, 0.3) is 0 Å². The molecule has 26 heavy (non-hydrogen) atoms. The molecule has 0 saturated carbocycles. The SMILES string of the molecule is CC(C)CCC[C@H](C)NC(=O)c1cccc(S(=O)(=O)N2CCOCC2)c1. The van der Waals surface area contributed by atoms with Gasteiger partial charge in [-0.1, -0.05) is 32.8 Å². The lowest BCUT2D eigenvalue weighted by Gasteiger charge is -2.26. The van der Waals surface area contributed by atoms with E-state index in [4.69, 9.17) is 4.74 Å². The topological polar surface area (TPSA) is 75.7 Å². The lowest BCUT2D eigenvalue weighted by atomic mass is 10.0. The first kappa shape index (κ1) is 20.9. The summed E-state index contributed by atoms with van der Waals surface area (Å²) in [5, 5.41) is 2.96. The summed E-state index contributed by atoms with van der Waals surface area (Å²) >= 11 is 0.